The Hall–Kier alpha value is -3.94. The number of benzene rings is 2. The minimum Gasteiger partial charge on any atom is -0.475 e. The van der Waals surface area contributed by atoms with E-state index in [1.54, 1.807) is 10.9 Å². The average Bonchev–Trinajstić information content (AvgIpc) is 3.54. The average molecular weight is 591 g/mol. The minimum atomic E-state index is -5.08. The summed E-state index contributed by atoms with van der Waals surface area (Å²) in [6.07, 6.45) is -3.48. The molecule has 2 aromatic carbocycles. The minimum absolute atomic E-state index is 0.0802. The number of piperazine rings is 1. The van der Waals surface area contributed by atoms with Crippen LogP contribution in [0.25, 0.3) is 37.4 Å². The van der Waals surface area contributed by atoms with Gasteiger partial charge in [-0.15, -0.1) is 11.3 Å². The zero-order valence-corrected chi connectivity index (χ0v) is 22.5. The normalized spacial score (nSPS) is 14.4. The van der Waals surface area contributed by atoms with Gasteiger partial charge in [0.05, 0.1) is 22.2 Å². The largest absolute Gasteiger partial charge is 0.490 e. The van der Waals surface area contributed by atoms with E-state index in [4.69, 9.17) is 26.5 Å². The lowest BCUT2D eigenvalue weighted by Gasteiger charge is -2.32. The Bertz CT molecular complexity index is 1740. The van der Waals surface area contributed by atoms with Crippen molar-refractivity contribution in [2.75, 3.05) is 38.1 Å². The first-order valence-electron chi connectivity index (χ1n) is 12.0. The van der Waals surface area contributed by atoms with E-state index in [0.717, 1.165) is 59.3 Å². The van der Waals surface area contributed by atoms with Crippen LogP contribution in [-0.4, -0.2) is 74.9 Å². The van der Waals surface area contributed by atoms with Crippen LogP contribution in [0.4, 0.5) is 19.1 Å². The molecular formula is C26H22ClF3N6O3S. The van der Waals surface area contributed by atoms with Crippen molar-refractivity contribution < 1.29 is 23.1 Å². The smallest absolute Gasteiger partial charge is 0.475 e. The molecule has 208 valence electrons. The number of aliphatic carboxylic acids is 1. The number of carboxylic acid groups (broad SMARTS) is 1. The second kappa shape index (κ2) is 10.9. The molecule has 1 fully saturated rings. The summed E-state index contributed by atoms with van der Waals surface area (Å²) in [6, 6.07) is 15.4. The first kappa shape index (κ1) is 27.6. The molecule has 0 spiro atoms. The summed E-state index contributed by atoms with van der Waals surface area (Å²) >= 11 is 7.46. The number of rotatable bonds is 3. The molecule has 0 aliphatic carbocycles. The second-order valence-corrected chi connectivity index (χ2v) is 10.6. The van der Waals surface area contributed by atoms with Crippen LogP contribution in [0.2, 0.25) is 5.02 Å². The molecule has 40 heavy (non-hydrogen) atoms. The fraction of sp³-hybridized carbons (Fsp3) is 0.231. The van der Waals surface area contributed by atoms with E-state index >= 15 is 0 Å². The van der Waals surface area contributed by atoms with Crippen molar-refractivity contribution in [3.63, 3.8) is 0 Å². The van der Waals surface area contributed by atoms with Gasteiger partial charge in [0, 0.05) is 36.1 Å². The predicted molar refractivity (Wildman–Crippen MR) is 149 cm³/mol. The molecule has 9 nitrogen and oxygen atoms in total. The Kier molecular flexibility index (Phi) is 7.53. The molecule has 0 bridgehead atoms. The van der Waals surface area contributed by atoms with Crippen molar-refractivity contribution in [1.82, 2.24) is 24.4 Å². The van der Waals surface area contributed by atoms with Crippen LogP contribution >= 0.6 is 22.9 Å². The van der Waals surface area contributed by atoms with Crippen LogP contribution in [0.1, 0.15) is 0 Å². The highest BCUT2D eigenvalue weighted by molar-refractivity contribution is 7.22. The lowest BCUT2D eigenvalue weighted by Crippen LogP contribution is -2.44. The lowest BCUT2D eigenvalue weighted by molar-refractivity contribution is -0.192. The molecule has 2 N–H and O–H groups in total. The molecule has 0 atom stereocenters. The van der Waals surface area contributed by atoms with Crippen molar-refractivity contribution in [3.8, 4) is 16.1 Å². The van der Waals surface area contributed by atoms with Crippen LogP contribution in [0.15, 0.2) is 59.7 Å². The number of anilines is 1. The first-order chi connectivity index (χ1) is 19.0. The summed E-state index contributed by atoms with van der Waals surface area (Å²) in [4.78, 5) is 40.5. The number of carbonyl (C=O) groups is 1. The van der Waals surface area contributed by atoms with Gasteiger partial charge in [-0.3, -0.25) is 9.36 Å². The summed E-state index contributed by atoms with van der Waals surface area (Å²) in [5, 5.41) is 7.81. The fourth-order valence-electron chi connectivity index (χ4n) is 4.15. The molecule has 4 heterocycles. The SMILES string of the molecule is CN1CCN(c2nc3ccc(-n4cnc5cc(-c6ccc(Cl)cc6)sc5c4=O)cc3[nH]2)CC1.O=C(O)C(F)(F)F. The number of carboxylic acids is 1. The van der Waals surface area contributed by atoms with Gasteiger partial charge in [-0.2, -0.15) is 13.2 Å². The number of H-pyrrole nitrogens is 1. The zero-order valence-electron chi connectivity index (χ0n) is 20.9. The number of hydrogen-bond acceptors (Lipinski definition) is 7. The van der Waals surface area contributed by atoms with E-state index in [-0.39, 0.29) is 5.56 Å². The Morgan fingerprint density at radius 2 is 1.73 bits per heavy atom. The first-order valence-corrected chi connectivity index (χ1v) is 13.2. The molecule has 0 unspecified atom stereocenters. The Balaban J connectivity index is 0.000000411. The van der Waals surface area contributed by atoms with E-state index in [1.165, 1.54) is 11.3 Å². The van der Waals surface area contributed by atoms with Gasteiger partial charge in [0.1, 0.15) is 11.0 Å². The molecule has 1 aliphatic heterocycles. The molecule has 0 amide bonds. The highest BCUT2D eigenvalue weighted by atomic mass is 35.5. The van der Waals surface area contributed by atoms with Crippen molar-refractivity contribution in [3.05, 3.63) is 70.2 Å². The van der Waals surface area contributed by atoms with Crippen molar-refractivity contribution in [2.24, 2.45) is 0 Å². The van der Waals surface area contributed by atoms with Crippen LogP contribution in [0.3, 0.4) is 0 Å². The monoisotopic (exact) mass is 590 g/mol. The number of thiophene rings is 1. The number of aromatic amines is 1. The van der Waals surface area contributed by atoms with Gasteiger partial charge in [-0.1, -0.05) is 23.7 Å². The molecule has 6 rings (SSSR count). The van der Waals surface area contributed by atoms with E-state index in [9.17, 15) is 18.0 Å². The maximum Gasteiger partial charge on any atom is 0.490 e. The van der Waals surface area contributed by atoms with Crippen LogP contribution in [-0.2, 0) is 4.79 Å². The molecule has 1 saturated heterocycles. The number of alkyl halides is 3. The number of hydrogen-bond donors (Lipinski definition) is 2. The number of nitrogens with zero attached hydrogens (tertiary/aromatic N) is 5. The lowest BCUT2D eigenvalue weighted by atomic mass is 10.2. The second-order valence-electron chi connectivity index (χ2n) is 9.11. The summed E-state index contributed by atoms with van der Waals surface area (Å²) in [5.41, 5.74) is 4.19. The predicted octanol–water partition coefficient (Wildman–Crippen LogP) is 5.03. The molecule has 5 aromatic rings. The third kappa shape index (κ3) is 5.81. The number of aromatic nitrogens is 4. The summed E-state index contributed by atoms with van der Waals surface area (Å²) in [5.74, 6) is -1.88. The third-order valence-corrected chi connectivity index (χ3v) is 7.76. The van der Waals surface area contributed by atoms with Crippen molar-refractivity contribution in [1.29, 1.82) is 0 Å². The number of nitrogens with one attached hydrogen (secondary N) is 1. The van der Waals surface area contributed by atoms with Gasteiger partial charge in [-0.05, 0) is 49.0 Å². The number of imidazole rings is 1. The Morgan fingerprint density at radius 3 is 2.38 bits per heavy atom. The molecule has 14 heteroatoms. The highest BCUT2D eigenvalue weighted by Gasteiger charge is 2.38. The molecule has 0 radical (unpaired) electrons. The zero-order chi connectivity index (χ0) is 28.6. The van der Waals surface area contributed by atoms with Crippen LogP contribution in [0, 0.1) is 0 Å². The van der Waals surface area contributed by atoms with Crippen molar-refractivity contribution in [2.45, 2.75) is 6.18 Å². The highest BCUT2D eigenvalue weighted by Crippen LogP contribution is 2.32. The topological polar surface area (TPSA) is 107 Å². The van der Waals surface area contributed by atoms with Gasteiger partial charge in [0.15, 0.2) is 0 Å². The summed E-state index contributed by atoms with van der Waals surface area (Å²) in [6.45, 7) is 3.92. The summed E-state index contributed by atoms with van der Waals surface area (Å²) < 4.78 is 34.0. The maximum absolute atomic E-state index is 13.3. The van der Waals surface area contributed by atoms with E-state index in [1.807, 2.05) is 48.5 Å². The van der Waals surface area contributed by atoms with E-state index in [0.29, 0.717) is 15.2 Å². The third-order valence-electron chi connectivity index (χ3n) is 6.34. The molecular weight excluding hydrogens is 569 g/mol. The number of halogens is 4. The summed E-state index contributed by atoms with van der Waals surface area (Å²) in [7, 11) is 2.14. The van der Waals surface area contributed by atoms with E-state index in [2.05, 4.69) is 26.8 Å². The Morgan fingerprint density at radius 1 is 1.05 bits per heavy atom. The maximum atomic E-state index is 13.3. The number of fused-ring (bicyclic) bond motifs is 2. The van der Waals surface area contributed by atoms with E-state index < -0.39 is 12.1 Å². The van der Waals surface area contributed by atoms with Gasteiger partial charge in [0.2, 0.25) is 5.95 Å². The van der Waals surface area contributed by atoms with Gasteiger partial charge < -0.3 is 19.9 Å². The standard InChI is InChI=1S/C24H21ClN6OS.C2HF3O2/c1-29-8-10-30(11-9-29)24-27-18-7-6-17(12-19(18)28-24)31-14-26-20-13-21(33-22(20)23(31)32)15-2-4-16(25)5-3-15;3-2(4,5)1(6)7/h2-7,12-14H,8-11H2,1H3,(H,27,28);(H,6,7). The molecule has 1 aliphatic rings. The fourth-order valence-corrected chi connectivity index (χ4v) is 5.33. The van der Waals surface area contributed by atoms with Crippen LogP contribution in [0.5, 0.6) is 0 Å². The quantitative estimate of drug-likeness (QED) is 0.303. The van der Waals surface area contributed by atoms with Crippen LogP contribution < -0.4 is 10.5 Å². The van der Waals surface area contributed by atoms with Gasteiger partial charge in [0.25, 0.3) is 5.56 Å². The molecule has 3 aromatic heterocycles. The Labute approximate surface area is 234 Å². The number of likely N-dealkylation sites (N-methyl/N-ethyl adjacent to an activating group) is 1. The van der Waals surface area contributed by atoms with Gasteiger partial charge in [-0.25, -0.2) is 14.8 Å². The van der Waals surface area contributed by atoms with Gasteiger partial charge >= 0.3 is 12.1 Å². The van der Waals surface area contributed by atoms with Crippen molar-refractivity contribution >= 4 is 56.1 Å². The molecule has 0 saturated carbocycles.